The minimum atomic E-state index is -0.413. The number of fused-ring (bicyclic) bond motifs is 1. The van der Waals surface area contributed by atoms with Crippen LogP contribution in [0, 0.1) is 5.82 Å². The van der Waals surface area contributed by atoms with E-state index in [0.717, 1.165) is 18.4 Å². The number of hydrogen-bond acceptors (Lipinski definition) is 4. The maximum Gasteiger partial charge on any atom is 0.256 e. The van der Waals surface area contributed by atoms with Gasteiger partial charge in [-0.25, -0.2) is 4.39 Å². The minimum Gasteiger partial charge on any atom is -0.397 e. The van der Waals surface area contributed by atoms with E-state index in [1.54, 1.807) is 42.5 Å². The molecule has 0 radical (unpaired) electrons. The highest BCUT2D eigenvalue weighted by atomic mass is 19.1. The Balaban J connectivity index is 1.20. The predicted molar refractivity (Wildman–Crippen MR) is 140 cm³/mol. The van der Waals surface area contributed by atoms with Crippen molar-refractivity contribution in [3.05, 3.63) is 89.2 Å². The summed E-state index contributed by atoms with van der Waals surface area (Å²) in [7, 11) is 0. The first-order chi connectivity index (χ1) is 17.4. The van der Waals surface area contributed by atoms with Gasteiger partial charge in [0, 0.05) is 35.4 Å². The monoisotopic (exact) mass is 486 g/mol. The van der Waals surface area contributed by atoms with E-state index in [4.69, 9.17) is 5.73 Å². The van der Waals surface area contributed by atoms with Gasteiger partial charge in [0.1, 0.15) is 5.82 Å². The Labute approximate surface area is 208 Å². The van der Waals surface area contributed by atoms with Crippen molar-refractivity contribution in [1.29, 1.82) is 0 Å². The highest BCUT2D eigenvalue weighted by Crippen LogP contribution is 2.33. The summed E-state index contributed by atoms with van der Waals surface area (Å²) in [6.07, 6.45) is 4.31. The molecule has 0 aliphatic carbocycles. The largest absolute Gasteiger partial charge is 0.397 e. The Bertz CT molecular complexity index is 1320. The molecular weight excluding hydrogens is 459 g/mol. The third-order valence-electron chi connectivity index (χ3n) is 5.85. The molecule has 7 nitrogen and oxygen atoms in total. The van der Waals surface area contributed by atoms with Crippen LogP contribution < -0.4 is 21.7 Å². The van der Waals surface area contributed by atoms with E-state index in [9.17, 15) is 18.8 Å². The summed E-state index contributed by atoms with van der Waals surface area (Å²) in [5, 5.41) is 8.39. The third kappa shape index (κ3) is 6.15. The predicted octanol–water partition coefficient (Wildman–Crippen LogP) is 4.83. The number of para-hydroxylation sites is 2. The Morgan fingerprint density at radius 2 is 1.75 bits per heavy atom. The molecule has 3 aromatic rings. The highest BCUT2D eigenvalue weighted by molar-refractivity contribution is 6.34. The topological polar surface area (TPSA) is 113 Å². The molecule has 3 aromatic carbocycles. The van der Waals surface area contributed by atoms with Crippen LogP contribution in [0.3, 0.4) is 0 Å². The van der Waals surface area contributed by atoms with Gasteiger partial charge in [0.05, 0.1) is 11.4 Å². The summed E-state index contributed by atoms with van der Waals surface area (Å²) >= 11 is 0. The summed E-state index contributed by atoms with van der Waals surface area (Å²) in [5.74, 6) is -0.990. The second-order valence-electron chi connectivity index (χ2n) is 8.53. The number of nitrogens with two attached hydrogens (primary N) is 1. The SMILES string of the molecule is Nc1ccccc1NC(=O)CCCCCNC(=O)c1ccc(/C=C2\C(=O)Nc3ccc(F)cc32)cc1. The summed E-state index contributed by atoms with van der Waals surface area (Å²) in [4.78, 5) is 36.7. The summed E-state index contributed by atoms with van der Waals surface area (Å²) in [6.45, 7) is 0.500. The van der Waals surface area contributed by atoms with Crippen LogP contribution in [0.5, 0.6) is 0 Å². The van der Waals surface area contributed by atoms with Gasteiger partial charge < -0.3 is 21.7 Å². The number of amides is 3. The number of nitrogens with one attached hydrogen (secondary N) is 3. The molecule has 0 atom stereocenters. The Morgan fingerprint density at radius 3 is 2.53 bits per heavy atom. The fourth-order valence-electron chi connectivity index (χ4n) is 3.92. The molecular formula is C28H27FN4O3. The normalized spacial score (nSPS) is 13.2. The minimum absolute atomic E-state index is 0.0873. The molecule has 1 aliphatic heterocycles. The zero-order chi connectivity index (χ0) is 25.5. The fraction of sp³-hybridized carbons (Fsp3) is 0.179. The van der Waals surface area contributed by atoms with Gasteiger partial charge in [0.25, 0.3) is 11.8 Å². The van der Waals surface area contributed by atoms with Crippen LogP contribution in [-0.4, -0.2) is 24.3 Å². The van der Waals surface area contributed by atoms with E-state index in [1.807, 2.05) is 12.1 Å². The molecule has 1 heterocycles. The number of rotatable bonds is 9. The van der Waals surface area contributed by atoms with E-state index in [0.29, 0.717) is 53.1 Å². The van der Waals surface area contributed by atoms with Gasteiger partial charge in [0.15, 0.2) is 0 Å². The summed E-state index contributed by atoms with van der Waals surface area (Å²) in [5.41, 5.74) is 9.66. The molecule has 5 N–H and O–H groups in total. The lowest BCUT2D eigenvalue weighted by molar-refractivity contribution is -0.116. The highest BCUT2D eigenvalue weighted by Gasteiger charge is 2.24. The molecule has 4 rings (SSSR count). The molecule has 0 saturated carbocycles. The smallest absolute Gasteiger partial charge is 0.256 e. The molecule has 1 aliphatic rings. The number of nitrogen functional groups attached to an aromatic ring is 1. The third-order valence-corrected chi connectivity index (χ3v) is 5.85. The van der Waals surface area contributed by atoms with Crippen molar-refractivity contribution in [3.8, 4) is 0 Å². The van der Waals surface area contributed by atoms with Crippen molar-refractivity contribution in [3.63, 3.8) is 0 Å². The van der Waals surface area contributed by atoms with Crippen molar-refractivity contribution in [1.82, 2.24) is 5.32 Å². The maximum atomic E-state index is 13.6. The fourth-order valence-corrected chi connectivity index (χ4v) is 3.92. The standard InChI is InChI=1S/C28H27FN4O3/c29-20-13-14-24-21(17-20)22(28(36)33-24)16-18-9-11-19(12-10-18)27(35)31-15-5-1-2-8-26(34)32-25-7-4-3-6-23(25)30/h3-4,6-7,9-14,16-17H,1-2,5,8,15,30H2,(H,31,35)(H,32,34)(H,33,36)/b22-16-. The first-order valence-electron chi connectivity index (χ1n) is 11.8. The molecule has 0 saturated heterocycles. The zero-order valence-corrected chi connectivity index (χ0v) is 19.6. The number of carbonyl (C=O) groups is 3. The van der Waals surface area contributed by atoms with Crippen LogP contribution in [0.2, 0.25) is 0 Å². The second-order valence-corrected chi connectivity index (χ2v) is 8.53. The lowest BCUT2D eigenvalue weighted by Gasteiger charge is -2.08. The first-order valence-corrected chi connectivity index (χ1v) is 11.8. The number of hydrogen-bond donors (Lipinski definition) is 4. The molecule has 0 aromatic heterocycles. The van der Waals surface area contributed by atoms with Gasteiger partial charge in [-0.1, -0.05) is 30.7 Å². The number of benzene rings is 3. The maximum absolute atomic E-state index is 13.6. The van der Waals surface area contributed by atoms with Crippen LogP contribution >= 0.6 is 0 Å². The second kappa shape index (κ2) is 11.3. The molecule has 184 valence electrons. The molecule has 8 heteroatoms. The van der Waals surface area contributed by atoms with Gasteiger partial charge in [-0.3, -0.25) is 14.4 Å². The average Bonchev–Trinajstić information content (AvgIpc) is 3.17. The van der Waals surface area contributed by atoms with Crippen LogP contribution in [0.15, 0.2) is 66.7 Å². The lowest BCUT2D eigenvalue weighted by atomic mass is 10.0. The van der Waals surface area contributed by atoms with Crippen molar-refractivity contribution < 1.29 is 18.8 Å². The quantitative estimate of drug-likeness (QED) is 0.197. The molecule has 0 spiro atoms. The van der Waals surface area contributed by atoms with E-state index < -0.39 is 5.82 Å². The average molecular weight is 487 g/mol. The lowest BCUT2D eigenvalue weighted by Crippen LogP contribution is -2.24. The number of anilines is 3. The van der Waals surface area contributed by atoms with E-state index in [1.165, 1.54) is 18.2 Å². The molecule has 36 heavy (non-hydrogen) atoms. The van der Waals surface area contributed by atoms with Gasteiger partial charge in [-0.15, -0.1) is 0 Å². The zero-order valence-electron chi connectivity index (χ0n) is 19.6. The Hall–Kier alpha value is -4.46. The number of halogens is 1. The van der Waals surface area contributed by atoms with E-state index >= 15 is 0 Å². The van der Waals surface area contributed by atoms with E-state index in [2.05, 4.69) is 16.0 Å². The first kappa shape index (κ1) is 24.7. The molecule has 0 bridgehead atoms. The van der Waals surface area contributed by atoms with Crippen molar-refractivity contribution in [2.45, 2.75) is 25.7 Å². The van der Waals surface area contributed by atoms with Crippen LogP contribution in [0.1, 0.15) is 47.2 Å². The van der Waals surface area contributed by atoms with Crippen LogP contribution in [-0.2, 0) is 9.59 Å². The molecule has 3 amide bonds. The number of unbranched alkanes of at least 4 members (excludes halogenated alkanes) is 2. The van der Waals surface area contributed by atoms with Gasteiger partial charge >= 0.3 is 0 Å². The van der Waals surface area contributed by atoms with Crippen molar-refractivity contribution in [2.75, 3.05) is 22.9 Å². The Morgan fingerprint density at radius 1 is 0.972 bits per heavy atom. The Kier molecular flexibility index (Phi) is 7.75. The van der Waals surface area contributed by atoms with Crippen molar-refractivity contribution >= 4 is 46.4 Å². The van der Waals surface area contributed by atoms with E-state index in [-0.39, 0.29) is 17.7 Å². The van der Waals surface area contributed by atoms with Crippen molar-refractivity contribution in [2.24, 2.45) is 0 Å². The summed E-state index contributed by atoms with van der Waals surface area (Å²) in [6, 6.07) is 18.1. The molecule has 0 unspecified atom stereocenters. The van der Waals surface area contributed by atoms with Crippen LogP contribution in [0.4, 0.5) is 21.5 Å². The number of carbonyl (C=O) groups excluding carboxylic acids is 3. The summed E-state index contributed by atoms with van der Waals surface area (Å²) < 4.78 is 13.6. The van der Waals surface area contributed by atoms with Gasteiger partial charge in [0.2, 0.25) is 5.91 Å². The molecule has 0 fully saturated rings. The van der Waals surface area contributed by atoms with Crippen LogP contribution in [0.25, 0.3) is 11.6 Å². The van der Waals surface area contributed by atoms with Gasteiger partial charge in [-0.05, 0) is 66.9 Å². The van der Waals surface area contributed by atoms with Gasteiger partial charge in [-0.2, -0.15) is 0 Å².